The number of quaternary nitrogens is 1. The molecular formula is C14H32ClN2+. The molecule has 104 valence electrons. The molecule has 0 aromatic carbocycles. The van der Waals surface area contributed by atoms with Crippen LogP contribution in [0.3, 0.4) is 0 Å². The molecule has 0 heterocycles. The number of halogens is 1. The lowest BCUT2D eigenvalue weighted by atomic mass is 9.79. The van der Waals surface area contributed by atoms with Crippen LogP contribution in [0.5, 0.6) is 0 Å². The highest BCUT2D eigenvalue weighted by molar-refractivity contribution is 6.13. The molecule has 1 aliphatic rings. The molecule has 0 aromatic heterocycles. The van der Waals surface area contributed by atoms with Gasteiger partial charge >= 0.3 is 0 Å². The molecular weight excluding hydrogens is 232 g/mol. The Kier molecular flexibility index (Phi) is 8.44. The molecule has 17 heavy (non-hydrogen) atoms. The lowest BCUT2D eigenvalue weighted by molar-refractivity contribution is -0.870. The topological polar surface area (TPSA) is 12.0 Å². The van der Waals surface area contributed by atoms with Gasteiger partial charge in [0.2, 0.25) is 0 Å². The number of hydrogen-bond acceptors (Lipinski definition) is 1. The van der Waals surface area contributed by atoms with E-state index >= 15 is 0 Å². The van der Waals surface area contributed by atoms with Gasteiger partial charge in [0.1, 0.15) is 0 Å². The van der Waals surface area contributed by atoms with Crippen molar-refractivity contribution in [1.29, 1.82) is 0 Å². The Hall–Kier alpha value is 0.210. The van der Waals surface area contributed by atoms with Gasteiger partial charge in [0, 0.05) is 5.54 Å². The maximum Gasteiger partial charge on any atom is 0.0781 e. The molecule has 1 aliphatic carbocycles. The second-order valence-electron chi connectivity index (χ2n) is 6.05. The third kappa shape index (κ3) is 7.28. The average molecular weight is 264 g/mol. The van der Waals surface area contributed by atoms with E-state index in [4.69, 9.17) is 11.8 Å². The largest absolute Gasteiger partial charge is 0.331 e. The Morgan fingerprint density at radius 1 is 1.06 bits per heavy atom. The number of nitrogens with one attached hydrogen (secondary N) is 1. The van der Waals surface area contributed by atoms with Crippen LogP contribution < -0.4 is 4.84 Å². The molecule has 1 N–H and O–H groups in total. The first kappa shape index (κ1) is 17.2. The summed E-state index contributed by atoms with van der Waals surface area (Å²) >= 11 is 5.93. The zero-order chi connectivity index (χ0) is 13.4. The summed E-state index contributed by atoms with van der Waals surface area (Å²) in [5.74, 6) is 0. The standard InChI is InChI=1S/C12H26ClN2.C2H6/c1-15(2,3)11-7-10-12(14-13)8-5-4-6-9-12;1-2/h14H,4-11H2,1-3H3;1-2H3/q+1;. The van der Waals surface area contributed by atoms with E-state index in [-0.39, 0.29) is 5.54 Å². The Morgan fingerprint density at radius 3 is 2.00 bits per heavy atom. The van der Waals surface area contributed by atoms with Crippen LogP contribution in [0.15, 0.2) is 0 Å². The van der Waals surface area contributed by atoms with Crippen molar-refractivity contribution >= 4 is 11.8 Å². The van der Waals surface area contributed by atoms with Gasteiger partial charge in [-0.05, 0) is 37.5 Å². The number of hydrogen-bond donors (Lipinski definition) is 1. The monoisotopic (exact) mass is 263 g/mol. The molecule has 0 radical (unpaired) electrons. The molecule has 1 saturated carbocycles. The van der Waals surface area contributed by atoms with Gasteiger partial charge < -0.3 is 4.48 Å². The van der Waals surface area contributed by atoms with Gasteiger partial charge in [-0.3, -0.25) is 0 Å². The van der Waals surface area contributed by atoms with Crippen molar-refractivity contribution < 1.29 is 4.48 Å². The molecule has 0 unspecified atom stereocenters. The first-order valence-electron chi connectivity index (χ1n) is 7.16. The Morgan fingerprint density at radius 2 is 1.59 bits per heavy atom. The molecule has 3 heteroatoms. The summed E-state index contributed by atoms with van der Waals surface area (Å²) in [6, 6.07) is 0. The molecule has 2 nitrogen and oxygen atoms in total. The first-order chi connectivity index (χ1) is 7.97. The number of nitrogens with zero attached hydrogens (tertiary/aromatic N) is 1. The van der Waals surface area contributed by atoms with Gasteiger partial charge in [0.15, 0.2) is 0 Å². The highest BCUT2D eigenvalue weighted by Gasteiger charge is 2.31. The van der Waals surface area contributed by atoms with Crippen molar-refractivity contribution in [3.05, 3.63) is 0 Å². The number of rotatable bonds is 5. The minimum Gasteiger partial charge on any atom is -0.331 e. The van der Waals surface area contributed by atoms with Crippen LogP contribution in [0.1, 0.15) is 58.8 Å². The lowest BCUT2D eigenvalue weighted by Crippen LogP contribution is -2.43. The quantitative estimate of drug-likeness (QED) is 0.585. The van der Waals surface area contributed by atoms with Gasteiger partial charge in [0.25, 0.3) is 0 Å². The molecule has 0 aliphatic heterocycles. The van der Waals surface area contributed by atoms with Crippen molar-refractivity contribution in [2.24, 2.45) is 0 Å². The zero-order valence-corrected chi connectivity index (χ0v) is 13.2. The summed E-state index contributed by atoms with van der Waals surface area (Å²) in [5, 5.41) is 0. The summed E-state index contributed by atoms with van der Waals surface area (Å²) in [4.78, 5) is 3.07. The van der Waals surface area contributed by atoms with E-state index in [9.17, 15) is 0 Å². The Labute approximate surface area is 113 Å². The van der Waals surface area contributed by atoms with Crippen LogP contribution in [-0.2, 0) is 0 Å². The maximum absolute atomic E-state index is 5.93. The van der Waals surface area contributed by atoms with Crippen LogP contribution in [0.4, 0.5) is 0 Å². The van der Waals surface area contributed by atoms with E-state index in [2.05, 4.69) is 26.0 Å². The van der Waals surface area contributed by atoms with Crippen LogP contribution >= 0.6 is 11.8 Å². The second kappa shape index (κ2) is 8.34. The van der Waals surface area contributed by atoms with Gasteiger partial charge in [0.05, 0.1) is 27.7 Å². The second-order valence-corrected chi connectivity index (χ2v) is 6.24. The fourth-order valence-corrected chi connectivity index (χ4v) is 2.80. The van der Waals surface area contributed by atoms with Crippen molar-refractivity contribution in [3.8, 4) is 0 Å². The first-order valence-corrected chi connectivity index (χ1v) is 7.54. The summed E-state index contributed by atoms with van der Waals surface area (Å²) in [6.07, 6.45) is 9.07. The van der Waals surface area contributed by atoms with Gasteiger partial charge in [-0.1, -0.05) is 33.1 Å². The van der Waals surface area contributed by atoms with Crippen molar-refractivity contribution in [3.63, 3.8) is 0 Å². The van der Waals surface area contributed by atoms with Gasteiger partial charge in [-0.15, -0.1) is 0 Å². The lowest BCUT2D eigenvalue weighted by Gasteiger charge is -2.36. The summed E-state index contributed by atoms with van der Waals surface area (Å²) in [5.41, 5.74) is 0.245. The maximum atomic E-state index is 5.93. The van der Waals surface area contributed by atoms with E-state index < -0.39 is 0 Å². The Balaban J connectivity index is 0.00000121. The molecule has 0 bridgehead atoms. The van der Waals surface area contributed by atoms with E-state index in [1.807, 2.05) is 13.8 Å². The minimum absolute atomic E-state index is 0.245. The van der Waals surface area contributed by atoms with Crippen LogP contribution in [0.25, 0.3) is 0 Å². The fraction of sp³-hybridized carbons (Fsp3) is 1.00. The highest BCUT2D eigenvalue weighted by atomic mass is 35.5. The van der Waals surface area contributed by atoms with E-state index in [0.717, 1.165) is 4.48 Å². The molecule has 1 rings (SSSR count). The van der Waals surface area contributed by atoms with Crippen LogP contribution in [0.2, 0.25) is 0 Å². The fourth-order valence-electron chi connectivity index (χ4n) is 2.51. The van der Waals surface area contributed by atoms with Crippen LogP contribution in [-0.4, -0.2) is 37.7 Å². The smallest absolute Gasteiger partial charge is 0.0781 e. The minimum atomic E-state index is 0.245. The van der Waals surface area contributed by atoms with Crippen molar-refractivity contribution in [2.75, 3.05) is 27.7 Å². The SMILES string of the molecule is CC.C[N+](C)(C)CCCC1(NCl)CCCCC1. The molecule has 0 aromatic rings. The van der Waals surface area contributed by atoms with E-state index in [0.29, 0.717) is 0 Å². The molecule has 0 atom stereocenters. The van der Waals surface area contributed by atoms with Gasteiger partial charge in [-0.2, -0.15) is 0 Å². The zero-order valence-electron chi connectivity index (χ0n) is 12.5. The third-order valence-corrected chi connectivity index (χ3v) is 3.90. The van der Waals surface area contributed by atoms with Crippen molar-refractivity contribution in [2.45, 2.75) is 64.3 Å². The summed E-state index contributed by atoms with van der Waals surface area (Å²) < 4.78 is 1.05. The predicted octanol–water partition coefficient (Wildman–Crippen LogP) is 3.95. The van der Waals surface area contributed by atoms with E-state index in [1.54, 1.807) is 0 Å². The summed E-state index contributed by atoms with van der Waals surface area (Å²) in [7, 11) is 6.75. The normalized spacial score (nSPS) is 19.4. The highest BCUT2D eigenvalue weighted by Crippen LogP contribution is 2.32. The molecule has 0 spiro atoms. The van der Waals surface area contributed by atoms with Gasteiger partial charge in [-0.25, -0.2) is 4.84 Å². The third-order valence-electron chi connectivity index (χ3n) is 3.50. The Bertz CT molecular complexity index is 181. The molecule has 0 saturated heterocycles. The molecule has 1 fully saturated rings. The molecule has 0 amide bonds. The predicted molar refractivity (Wildman–Crippen MR) is 78.3 cm³/mol. The van der Waals surface area contributed by atoms with E-state index in [1.165, 1.54) is 51.5 Å². The average Bonchev–Trinajstić information content (AvgIpc) is 2.31. The summed E-state index contributed by atoms with van der Waals surface area (Å²) in [6.45, 7) is 5.24. The van der Waals surface area contributed by atoms with Crippen LogP contribution in [0, 0.1) is 0 Å². The van der Waals surface area contributed by atoms with Crippen molar-refractivity contribution in [1.82, 2.24) is 4.84 Å².